The SMILES string of the molecule is CC(C)CC(C)N[C@@H](C)c1ccccc1Cl. The van der Waals surface area contributed by atoms with Gasteiger partial charge in [-0.2, -0.15) is 0 Å². The number of nitrogens with one attached hydrogen (secondary N) is 1. The molecular weight excluding hydrogens is 218 g/mol. The normalized spacial score (nSPS) is 15.1. The number of rotatable bonds is 5. The Morgan fingerprint density at radius 3 is 2.31 bits per heavy atom. The molecule has 1 aromatic carbocycles. The van der Waals surface area contributed by atoms with Crippen LogP contribution in [0.5, 0.6) is 0 Å². The summed E-state index contributed by atoms with van der Waals surface area (Å²) in [6.07, 6.45) is 1.19. The van der Waals surface area contributed by atoms with Crippen LogP contribution in [0.25, 0.3) is 0 Å². The standard InChI is InChI=1S/C14H22ClN/c1-10(2)9-11(3)16-12(4)13-7-5-6-8-14(13)15/h5-8,10-12,16H,9H2,1-4H3/t11?,12-/m0/s1. The molecule has 0 aliphatic heterocycles. The van der Waals surface area contributed by atoms with Crippen LogP contribution in [0, 0.1) is 5.92 Å². The molecule has 0 saturated heterocycles. The average Bonchev–Trinajstić information content (AvgIpc) is 2.16. The number of hydrogen-bond donors (Lipinski definition) is 1. The minimum absolute atomic E-state index is 0.308. The van der Waals surface area contributed by atoms with Gasteiger partial charge >= 0.3 is 0 Å². The molecule has 0 spiro atoms. The third kappa shape index (κ3) is 4.15. The smallest absolute Gasteiger partial charge is 0.0453 e. The third-order valence-electron chi connectivity index (χ3n) is 2.73. The van der Waals surface area contributed by atoms with Crippen LogP contribution >= 0.6 is 11.6 Å². The molecule has 1 N–H and O–H groups in total. The van der Waals surface area contributed by atoms with Gasteiger partial charge in [0.05, 0.1) is 0 Å². The van der Waals surface area contributed by atoms with Crippen LogP contribution in [0.2, 0.25) is 5.02 Å². The fourth-order valence-corrected chi connectivity index (χ4v) is 2.42. The zero-order valence-electron chi connectivity index (χ0n) is 10.6. The second kappa shape index (κ2) is 6.27. The van der Waals surface area contributed by atoms with Gasteiger partial charge in [-0.1, -0.05) is 43.6 Å². The first-order valence-electron chi connectivity index (χ1n) is 6.01. The van der Waals surface area contributed by atoms with Crippen LogP contribution in [-0.4, -0.2) is 6.04 Å². The summed E-state index contributed by atoms with van der Waals surface area (Å²) in [4.78, 5) is 0. The first-order valence-corrected chi connectivity index (χ1v) is 6.39. The summed E-state index contributed by atoms with van der Waals surface area (Å²) >= 11 is 6.17. The van der Waals surface area contributed by atoms with E-state index in [9.17, 15) is 0 Å². The minimum atomic E-state index is 0.308. The van der Waals surface area contributed by atoms with Crippen molar-refractivity contribution >= 4 is 11.6 Å². The molecular formula is C14H22ClN. The molecule has 0 aliphatic carbocycles. The zero-order valence-corrected chi connectivity index (χ0v) is 11.4. The van der Waals surface area contributed by atoms with Crippen molar-refractivity contribution in [2.75, 3.05) is 0 Å². The van der Waals surface area contributed by atoms with E-state index in [0.29, 0.717) is 12.1 Å². The van der Waals surface area contributed by atoms with Gasteiger partial charge in [-0.3, -0.25) is 0 Å². The highest BCUT2D eigenvalue weighted by Crippen LogP contribution is 2.23. The van der Waals surface area contributed by atoms with E-state index >= 15 is 0 Å². The summed E-state index contributed by atoms with van der Waals surface area (Å²) < 4.78 is 0. The highest BCUT2D eigenvalue weighted by molar-refractivity contribution is 6.31. The first-order chi connectivity index (χ1) is 7.50. The molecule has 0 saturated carbocycles. The lowest BCUT2D eigenvalue weighted by atomic mass is 10.0. The van der Waals surface area contributed by atoms with Crippen LogP contribution < -0.4 is 5.32 Å². The second-order valence-corrected chi connectivity index (χ2v) is 5.35. The average molecular weight is 240 g/mol. The van der Waals surface area contributed by atoms with Crippen molar-refractivity contribution in [1.29, 1.82) is 0 Å². The monoisotopic (exact) mass is 239 g/mol. The van der Waals surface area contributed by atoms with Crippen molar-refractivity contribution in [3.05, 3.63) is 34.9 Å². The molecule has 0 radical (unpaired) electrons. The van der Waals surface area contributed by atoms with Gasteiger partial charge in [0, 0.05) is 17.1 Å². The highest BCUT2D eigenvalue weighted by atomic mass is 35.5. The van der Waals surface area contributed by atoms with E-state index in [1.54, 1.807) is 0 Å². The fraction of sp³-hybridized carbons (Fsp3) is 0.571. The van der Waals surface area contributed by atoms with Gasteiger partial charge in [-0.05, 0) is 37.8 Å². The summed E-state index contributed by atoms with van der Waals surface area (Å²) in [5.41, 5.74) is 1.18. The number of hydrogen-bond acceptors (Lipinski definition) is 1. The Balaban J connectivity index is 2.58. The Morgan fingerprint density at radius 1 is 1.12 bits per heavy atom. The molecule has 0 aromatic heterocycles. The molecule has 1 rings (SSSR count). The van der Waals surface area contributed by atoms with E-state index < -0.39 is 0 Å². The second-order valence-electron chi connectivity index (χ2n) is 4.94. The van der Waals surface area contributed by atoms with E-state index in [1.165, 1.54) is 12.0 Å². The summed E-state index contributed by atoms with van der Waals surface area (Å²) in [5.74, 6) is 0.723. The third-order valence-corrected chi connectivity index (χ3v) is 3.08. The molecule has 0 aliphatic rings. The minimum Gasteiger partial charge on any atom is -0.308 e. The quantitative estimate of drug-likeness (QED) is 0.802. The van der Waals surface area contributed by atoms with E-state index in [0.717, 1.165) is 10.9 Å². The largest absolute Gasteiger partial charge is 0.308 e. The van der Waals surface area contributed by atoms with Crippen LogP contribution in [-0.2, 0) is 0 Å². The van der Waals surface area contributed by atoms with Crippen LogP contribution in [0.4, 0.5) is 0 Å². The van der Waals surface area contributed by atoms with Crippen LogP contribution in [0.3, 0.4) is 0 Å². The van der Waals surface area contributed by atoms with Gasteiger partial charge in [0.2, 0.25) is 0 Å². The van der Waals surface area contributed by atoms with Crippen molar-refractivity contribution in [1.82, 2.24) is 5.32 Å². The predicted octanol–water partition coefficient (Wildman–Crippen LogP) is 4.43. The van der Waals surface area contributed by atoms with Crippen molar-refractivity contribution in [2.45, 2.75) is 46.2 Å². The van der Waals surface area contributed by atoms with Gasteiger partial charge in [0.25, 0.3) is 0 Å². The van der Waals surface area contributed by atoms with Crippen molar-refractivity contribution in [2.24, 2.45) is 5.92 Å². The molecule has 16 heavy (non-hydrogen) atoms. The van der Waals surface area contributed by atoms with Gasteiger partial charge < -0.3 is 5.32 Å². The van der Waals surface area contributed by atoms with Gasteiger partial charge in [0.1, 0.15) is 0 Å². The van der Waals surface area contributed by atoms with Crippen molar-refractivity contribution < 1.29 is 0 Å². The molecule has 0 bridgehead atoms. The Kier molecular flexibility index (Phi) is 5.30. The Hall–Kier alpha value is -0.530. The molecule has 90 valence electrons. The molecule has 2 atom stereocenters. The molecule has 0 heterocycles. The summed E-state index contributed by atoms with van der Waals surface area (Å²) in [6.45, 7) is 8.89. The van der Waals surface area contributed by atoms with Crippen molar-refractivity contribution in [3.63, 3.8) is 0 Å². The predicted molar refractivity (Wildman–Crippen MR) is 71.9 cm³/mol. The Morgan fingerprint density at radius 2 is 1.75 bits per heavy atom. The van der Waals surface area contributed by atoms with Crippen LogP contribution in [0.1, 0.15) is 45.7 Å². The molecule has 1 unspecified atom stereocenters. The van der Waals surface area contributed by atoms with Gasteiger partial charge in [-0.25, -0.2) is 0 Å². The maximum atomic E-state index is 6.17. The van der Waals surface area contributed by atoms with Gasteiger partial charge in [0.15, 0.2) is 0 Å². The summed E-state index contributed by atoms with van der Waals surface area (Å²) in [7, 11) is 0. The Bertz CT molecular complexity index is 322. The number of benzene rings is 1. The van der Waals surface area contributed by atoms with Gasteiger partial charge in [-0.15, -0.1) is 0 Å². The summed E-state index contributed by atoms with van der Waals surface area (Å²) in [6, 6.07) is 8.86. The summed E-state index contributed by atoms with van der Waals surface area (Å²) in [5, 5.41) is 4.43. The molecule has 2 heteroatoms. The topological polar surface area (TPSA) is 12.0 Å². The van der Waals surface area contributed by atoms with Crippen molar-refractivity contribution in [3.8, 4) is 0 Å². The molecule has 1 nitrogen and oxygen atoms in total. The zero-order chi connectivity index (χ0) is 12.1. The first kappa shape index (κ1) is 13.5. The maximum Gasteiger partial charge on any atom is 0.0453 e. The molecule has 1 aromatic rings. The molecule has 0 amide bonds. The Labute approximate surface area is 104 Å². The lowest BCUT2D eigenvalue weighted by Gasteiger charge is -2.22. The van der Waals surface area contributed by atoms with E-state index in [4.69, 9.17) is 11.6 Å². The lowest BCUT2D eigenvalue weighted by Crippen LogP contribution is -2.30. The van der Waals surface area contributed by atoms with E-state index in [-0.39, 0.29) is 0 Å². The number of halogens is 1. The van der Waals surface area contributed by atoms with E-state index in [2.05, 4.69) is 39.1 Å². The lowest BCUT2D eigenvalue weighted by molar-refractivity contribution is 0.407. The maximum absolute atomic E-state index is 6.17. The van der Waals surface area contributed by atoms with Crippen LogP contribution in [0.15, 0.2) is 24.3 Å². The molecule has 0 fully saturated rings. The fourth-order valence-electron chi connectivity index (χ4n) is 2.12. The van der Waals surface area contributed by atoms with E-state index in [1.807, 2.05) is 18.2 Å². The highest BCUT2D eigenvalue weighted by Gasteiger charge is 2.12.